The molecule has 0 saturated carbocycles. The van der Waals surface area contributed by atoms with Gasteiger partial charge in [0.05, 0.1) is 23.7 Å². The van der Waals surface area contributed by atoms with Crippen LogP contribution in [0.25, 0.3) is 0 Å². The molecule has 0 saturated heterocycles. The Labute approximate surface area is 125 Å². The van der Waals surface area contributed by atoms with Gasteiger partial charge in [-0.1, -0.05) is 0 Å². The summed E-state index contributed by atoms with van der Waals surface area (Å²) in [5.41, 5.74) is 0.689. The molecule has 0 radical (unpaired) electrons. The summed E-state index contributed by atoms with van der Waals surface area (Å²) in [4.78, 5) is 14.9. The molecule has 1 aromatic heterocycles. The van der Waals surface area contributed by atoms with E-state index in [2.05, 4.69) is 0 Å². The second-order valence-electron chi connectivity index (χ2n) is 4.42. The molecule has 0 spiro atoms. The number of thiophene rings is 1. The average Bonchev–Trinajstić information content (AvgIpc) is 2.78. The Morgan fingerprint density at radius 2 is 1.90 bits per heavy atom. The normalized spacial score (nSPS) is 12.2. The van der Waals surface area contributed by atoms with Crippen LogP contribution < -0.4 is 4.74 Å². The minimum absolute atomic E-state index is 0.0172. The van der Waals surface area contributed by atoms with Crippen LogP contribution in [0.4, 0.5) is 0 Å². The topological polar surface area (TPSA) is 43.4 Å². The van der Waals surface area contributed by atoms with Gasteiger partial charge in [-0.2, -0.15) is 0 Å². The molecule has 0 aliphatic carbocycles. The number of aryl methyl sites for hydroxylation is 2. The monoisotopic (exact) mass is 308 g/mol. The fourth-order valence-electron chi connectivity index (χ4n) is 1.92. The maximum absolute atomic E-state index is 12.2. The fourth-order valence-corrected chi connectivity index (χ4v) is 3.86. The first-order chi connectivity index (χ1) is 9.51. The Balaban J connectivity index is 2.10. The second-order valence-corrected chi connectivity index (χ2v) is 7.33. The zero-order valence-electron chi connectivity index (χ0n) is 11.6. The molecule has 0 bridgehead atoms. The quantitative estimate of drug-likeness (QED) is 0.796. The first-order valence-corrected chi connectivity index (χ1v) is 8.27. The predicted octanol–water partition coefficient (Wildman–Crippen LogP) is 3.36. The Morgan fingerprint density at radius 1 is 1.25 bits per heavy atom. The number of carbonyl (C=O) groups is 1. The number of Topliss-reactive ketones (excluding diaryl/α,β-unsaturated/α-hetero) is 1. The highest BCUT2D eigenvalue weighted by Gasteiger charge is 2.16. The van der Waals surface area contributed by atoms with E-state index in [0.717, 1.165) is 9.75 Å². The van der Waals surface area contributed by atoms with Gasteiger partial charge in [0.25, 0.3) is 0 Å². The van der Waals surface area contributed by atoms with Gasteiger partial charge in [0.1, 0.15) is 5.75 Å². The van der Waals surface area contributed by atoms with E-state index >= 15 is 0 Å². The summed E-state index contributed by atoms with van der Waals surface area (Å²) in [6, 6.07) is 8.82. The van der Waals surface area contributed by atoms with Gasteiger partial charge >= 0.3 is 0 Å². The third kappa shape index (κ3) is 3.35. The Hall–Kier alpha value is -1.46. The average molecular weight is 308 g/mol. The third-order valence-corrected chi connectivity index (χ3v) is 5.21. The number of ketones is 1. The summed E-state index contributed by atoms with van der Waals surface area (Å²) in [7, 11) is 0.257. The number of benzene rings is 1. The molecule has 1 aromatic carbocycles. The van der Waals surface area contributed by atoms with Crippen LogP contribution in [-0.2, 0) is 10.8 Å². The summed E-state index contributed by atoms with van der Waals surface area (Å²) in [5.74, 6) is 0.658. The number of ether oxygens (including phenoxy) is 1. The van der Waals surface area contributed by atoms with Crippen LogP contribution in [0.3, 0.4) is 0 Å². The largest absolute Gasteiger partial charge is 0.497 e. The van der Waals surface area contributed by atoms with E-state index in [-0.39, 0.29) is 11.5 Å². The van der Waals surface area contributed by atoms with Gasteiger partial charge in [0.15, 0.2) is 5.78 Å². The van der Waals surface area contributed by atoms with Crippen molar-refractivity contribution in [2.75, 3.05) is 12.9 Å². The molecule has 3 nitrogen and oxygen atoms in total. The van der Waals surface area contributed by atoms with Gasteiger partial charge in [-0.25, -0.2) is 0 Å². The van der Waals surface area contributed by atoms with Crippen LogP contribution in [0.15, 0.2) is 35.2 Å². The highest BCUT2D eigenvalue weighted by atomic mass is 32.2. The van der Waals surface area contributed by atoms with E-state index in [0.29, 0.717) is 16.2 Å². The minimum atomic E-state index is -1.32. The Kier molecular flexibility index (Phi) is 4.73. The lowest BCUT2D eigenvalue weighted by atomic mass is 10.2. The first kappa shape index (κ1) is 14.9. The summed E-state index contributed by atoms with van der Waals surface area (Å²) in [5, 5.41) is 0. The van der Waals surface area contributed by atoms with Gasteiger partial charge in [0, 0.05) is 20.2 Å². The van der Waals surface area contributed by atoms with Gasteiger partial charge in [0.2, 0.25) is 0 Å². The fraction of sp³-hybridized carbons (Fsp3) is 0.267. The number of hydrogen-bond donors (Lipinski definition) is 0. The maximum atomic E-state index is 12.2. The molecule has 20 heavy (non-hydrogen) atoms. The van der Waals surface area contributed by atoms with Gasteiger partial charge in [-0.15, -0.1) is 11.3 Å². The number of carbonyl (C=O) groups excluding carboxylic acids is 1. The molecule has 1 heterocycles. The van der Waals surface area contributed by atoms with E-state index in [1.807, 2.05) is 19.9 Å². The van der Waals surface area contributed by atoms with Crippen molar-refractivity contribution in [1.82, 2.24) is 0 Å². The first-order valence-electron chi connectivity index (χ1n) is 6.14. The standard InChI is InChI=1S/C15H16O3S2/c1-10-8-14(11(2)19-10)15(16)9-20(17)13-6-4-12(18-3)5-7-13/h4-8H,9H2,1-3H3. The molecule has 2 aromatic rings. The van der Waals surface area contributed by atoms with Gasteiger partial charge < -0.3 is 4.74 Å². The Morgan fingerprint density at radius 3 is 2.40 bits per heavy atom. The zero-order valence-corrected chi connectivity index (χ0v) is 13.3. The van der Waals surface area contributed by atoms with E-state index in [1.165, 1.54) is 0 Å². The van der Waals surface area contributed by atoms with Crippen molar-refractivity contribution >= 4 is 27.9 Å². The van der Waals surface area contributed by atoms with E-state index in [1.54, 1.807) is 42.7 Å². The Bertz CT molecular complexity index is 642. The molecule has 0 aliphatic rings. The van der Waals surface area contributed by atoms with Crippen LogP contribution in [0.5, 0.6) is 5.75 Å². The lowest BCUT2D eigenvalue weighted by Gasteiger charge is -2.03. The minimum Gasteiger partial charge on any atom is -0.497 e. The summed E-state index contributed by atoms with van der Waals surface area (Å²) in [6.07, 6.45) is 0. The molecule has 0 amide bonds. The lowest BCUT2D eigenvalue weighted by Crippen LogP contribution is -2.11. The molecule has 0 N–H and O–H groups in total. The lowest BCUT2D eigenvalue weighted by molar-refractivity contribution is 0.102. The van der Waals surface area contributed by atoms with E-state index in [9.17, 15) is 9.00 Å². The third-order valence-electron chi connectivity index (χ3n) is 2.93. The second kappa shape index (κ2) is 6.33. The molecular formula is C15H16O3S2. The van der Waals surface area contributed by atoms with Crippen LogP contribution in [-0.4, -0.2) is 22.9 Å². The molecule has 0 fully saturated rings. The van der Waals surface area contributed by atoms with Crippen LogP contribution >= 0.6 is 11.3 Å². The van der Waals surface area contributed by atoms with Crippen LogP contribution in [0, 0.1) is 13.8 Å². The van der Waals surface area contributed by atoms with Crippen molar-refractivity contribution in [2.45, 2.75) is 18.7 Å². The molecule has 2 rings (SSSR count). The molecule has 106 valence electrons. The summed E-state index contributed by atoms with van der Waals surface area (Å²) in [6.45, 7) is 3.89. The van der Waals surface area contributed by atoms with E-state index < -0.39 is 10.8 Å². The number of rotatable bonds is 5. The van der Waals surface area contributed by atoms with E-state index in [4.69, 9.17) is 4.74 Å². The van der Waals surface area contributed by atoms with Crippen LogP contribution in [0.1, 0.15) is 20.1 Å². The van der Waals surface area contributed by atoms with Crippen molar-refractivity contribution in [1.29, 1.82) is 0 Å². The maximum Gasteiger partial charge on any atom is 0.176 e. The highest BCUT2D eigenvalue weighted by molar-refractivity contribution is 7.85. The van der Waals surface area contributed by atoms with Gasteiger partial charge in [-0.05, 0) is 44.2 Å². The van der Waals surface area contributed by atoms with Crippen molar-refractivity contribution < 1.29 is 13.7 Å². The van der Waals surface area contributed by atoms with Crippen LogP contribution in [0.2, 0.25) is 0 Å². The predicted molar refractivity (Wildman–Crippen MR) is 82.4 cm³/mol. The molecule has 0 aliphatic heterocycles. The number of hydrogen-bond acceptors (Lipinski definition) is 4. The molecular weight excluding hydrogens is 292 g/mol. The SMILES string of the molecule is COc1ccc(S(=O)CC(=O)c2cc(C)sc2C)cc1. The molecule has 5 heteroatoms. The zero-order chi connectivity index (χ0) is 14.7. The summed E-state index contributed by atoms with van der Waals surface area (Å²) < 4.78 is 17.3. The van der Waals surface area contributed by atoms with Crippen molar-refractivity contribution in [3.05, 3.63) is 45.6 Å². The van der Waals surface area contributed by atoms with Crippen molar-refractivity contribution in [3.8, 4) is 5.75 Å². The smallest absolute Gasteiger partial charge is 0.176 e. The van der Waals surface area contributed by atoms with Gasteiger partial charge in [-0.3, -0.25) is 9.00 Å². The van der Waals surface area contributed by atoms with Crippen molar-refractivity contribution in [2.24, 2.45) is 0 Å². The van der Waals surface area contributed by atoms with Crippen molar-refractivity contribution in [3.63, 3.8) is 0 Å². The highest BCUT2D eigenvalue weighted by Crippen LogP contribution is 2.22. The molecule has 1 atom stereocenters. The summed E-state index contributed by atoms with van der Waals surface area (Å²) >= 11 is 1.59. The number of methoxy groups -OCH3 is 1. The molecule has 1 unspecified atom stereocenters.